The maximum absolute atomic E-state index is 13.4. The number of rotatable bonds is 7. The van der Waals surface area contributed by atoms with Crippen molar-refractivity contribution in [1.29, 1.82) is 0 Å². The van der Waals surface area contributed by atoms with Gasteiger partial charge in [0, 0.05) is 5.02 Å². The fourth-order valence-corrected chi connectivity index (χ4v) is 5.38. The molecule has 1 aliphatic heterocycles. The summed E-state index contributed by atoms with van der Waals surface area (Å²) in [6, 6.07) is 21.7. The Kier molecular flexibility index (Phi) is 8.09. The number of hydrogen-bond acceptors (Lipinski definition) is 5. The molecule has 4 aromatic carbocycles. The average Bonchev–Trinajstić information content (AvgIpc) is 2.92. The summed E-state index contributed by atoms with van der Waals surface area (Å²) in [6.45, 7) is 4.39. The van der Waals surface area contributed by atoms with Gasteiger partial charge in [0.15, 0.2) is 11.5 Å². The summed E-state index contributed by atoms with van der Waals surface area (Å²) in [5.74, 6) is -0.502. The van der Waals surface area contributed by atoms with Gasteiger partial charge in [-0.2, -0.15) is 0 Å². The molecule has 0 saturated carbocycles. The van der Waals surface area contributed by atoms with Crippen LogP contribution in [0.2, 0.25) is 5.02 Å². The van der Waals surface area contributed by atoms with Crippen molar-refractivity contribution in [3.05, 3.63) is 104 Å². The van der Waals surface area contributed by atoms with Crippen LogP contribution in [0.25, 0.3) is 16.8 Å². The van der Waals surface area contributed by atoms with Gasteiger partial charge in [0.1, 0.15) is 12.2 Å². The lowest BCUT2D eigenvalue weighted by atomic mass is 10.1. The summed E-state index contributed by atoms with van der Waals surface area (Å²) >= 11 is 8.36. The van der Waals surface area contributed by atoms with E-state index in [0.29, 0.717) is 35.3 Å². The van der Waals surface area contributed by atoms with Crippen molar-refractivity contribution in [3.63, 3.8) is 0 Å². The van der Waals surface area contributed by atoms with Crippen LogP contribution in [0, 0.1) is 10.5 Å². The van der Waals surface area contributed by atoms with Crippen molar-refractivity contribution >= 4 is 74.6 Å². The molecule has 1 heterocycles. The minimum Gasteiger partial charge on any atom is -0.490 e. The number of benzene rings is 4. The molecule has 5 rings (SSSR count). The standard InChI is InChI=1S/C31H24ClIN2O5/c1-3-39-27-15-19(14-26(33)28(27)40-17-21-9-6-8-20-7-4-5-10-23(20)21)13-24-29(36)34-31(38)35(30(24)37)22-12-11-18(2)25(32)16-22/h4-16H,3,17H2,1-2H3,(H,34,36,38)/b24-13-. The van der Waals surface area contributed by atoms with Crippen LogP contribution < -0.4 is 19.7 Å². The van der Waals surface area contributed by atoms with E-state index in [0.717, 1.165) is 30.4 Å². The second-order valence-electron chi connectivity index (χ2n) is 9.08. The number of aryl methyl sites for hydroxylation is 1. The van der Waals surface area contributed by atoms with Crippen molar-refractivity contribution in [2.24, 2.45) is 0 Å². The first-order valence-corrected chi connectivity index (χ1v) is 14.0. The van der Waals surface area contributed by atoms with Crippen LogP contribution in [0.3, 0.4) is 0 Å². The van der Waals surface area contributed by atoms with E-state index in [1.165, 1.54) is 12.1 Å². The molecule has 1 saturated heterocycles. The third kappa shape index (κ3) is 5.55. The summed E-state index contributed by atoms with van der Waals surface area (Å²) in [5, 5.41) is 4.87. The van der Waals surface area contributed by atoms with Crippen LogP contribution in [0.5, 0.6) is 11.5 Å². The fourth-order valence-electron chi connectivity index (χ4n) is 4.42. The highest BCUT2D eigenvalue weighted by molar-refractivity contribution is 14.1. The van der Waals surface area contributed by atoms with Gasteiger partial charge in [0.25, 0.3) is 11.8 Å². The molecule has 1 fully saturated rings. The summed E-state index contributed by atoms with van der Waals surface area (Å²) in [7, 11) is 0. The molecule has 0 atom stereocenters. The Morgan fingerprint density at radius 1 is 0.975 bits per heavy atom. The van der Waals surface area contributed by atoms with Gasteiger partial charge in [-0.1, -0.05) is 60.1 Å². The zero-order valence-corrected chi connectivity index (χ0v) is 24.6. The first kappa shape index (κ1) is 27.7. The molecular weight excluding hydrogens is 643 g/mol. The number of ether oxygens (including phenoxy) is 2. The number of carbonyl (C=O) groups excluding carboxylic acids is 3. The maximum Gasteiger partial charge on any atom is 0.335 e. The normalized spacial score (nSPS) is 14.6. The molecule has 0 unspecified atom stereocenters. The van der Waals surface area contributed by atoms with Gasteiger partial charge in [0.05, 0.1) is 15.9 Å². The summed E-state index contributed by atoms with van der Waals surface area (Å²) in [6.07, 6.45) is 1.44. The van der Waals surface area contributed by atoms with E-state index in [2.05, 4.69) is 46.1 Å². The van der Waals surface area contributed by atoms with Crippen LogP contribution in [-0.2, 0) is 16.2 Å². The number of halogens is 2. The van der Waals surface area contributed by atoms with Crippen LogP contribution in [-0.4, -0.2) is 24.5 Å². The lowest BCUT2D eigenvalue weighted by molar-refractivity contribution is -0.122. The van der Waals surface area contributed by atoms with Gasteiger partial charge in [0.2, 0.25) is 0 Å². The number of anilines is 1. The first-order valence-electron chi connectivity index (χ1n) is 12.5. The highest BCUT2D eigenvalue weighted by Crippen LogP contribution is 2.36. The van der Waals surface area contributed by atoms with E-state index < -0.39 is 17.8 Å². The first-order chi connectivity index (χ1) is 19.3. The summed E-state index contributed by atoms with van der Waals surface area (Å²) in [4.78, 5) is 39.5. The Labute approximate surface area is 249 Å². The number of nitrogens with one attached hydrogen (secondary N) is 1. The van der Waals surface area contributed by atoms with Gasteiger partial charge in [-0.25, -0.2) is 9.69 Å². The molecule has 40 heavy (non-hydrogen) atoms. The molecule has 0 bridgehead atoms. The number of imide groups is 2. The molecular formula is C31H24ClIN2O5. The Hall–Kier alpha value is -3.89. The zero-order valence-electron chi connectivity index (χ0n) is 21.7. The smallest absolute Gasteiger partial charge is 0.335 e. The Balaban J connectivity index is 1.47. The largest absolute Gasteiger partial charge is 0.490 e. The number of carbonyl (C=O) groups is 3. The number of urea groups is 1. The number of barbiturate groups is 1. The number of amides is 4. The quantitative estimate of drug-likeness (QED) is 0.130. The predicted molar refractivity (Wildman–Crippen MR) is 164 cm³/mol. The molecule has 0 aromatic heterocycles. The Morgan fingerprint density at radius 2 is 1.75 bits per heavy atom. The second kappa shape index (κ2) is 11.7. The Morgan fingerprint density at radius 3 is 2.52 bits per heavy atom. The van der Waals surface area contributed by atoms with E-state index >= 15 is 0 Å². The van der Waals surface area contributed by atoms with Gasteiger partial charge < -0.3 is 9.47 Å². The minimum absolute atomic E-state index is 0.195. The SMILES string of the molecule is CCOc1cc(/C=C2/C(=O)NC(=O)N(c3ccc(C)c(Cl)c3)C2=O)cc(I)c1OCc1cccc2ccccc12. The molecule has 4 amide bonds. The second-order valence-corrected chi connectivity index (χ2v) is 10.7. The van der Waals surface area contributed by atoms with E-state index in [1.54, 1.807) is 24.3 Å². The van der Waals surface area contributed by atoms with Crippen LogP contribution in [0.4, 0.5) is 10.5 Å². The highest BCUT2D eigenvalue weighted by Gasteiger charge is 2.37. The monoisotopic (exact) mass is 666 g/mol. The molecule has 1 aliphatic rings. The van der Waals surface area contributed by atoms with E-state index in [-0.39, 0.29) is 11.3 Å². The molecule has 7 nitrogen and oxygen atoms in total. The van der Waals surface area contributed by atoms with E-state index in [4.69, 9.17) is 21.1 Å². The van der Waals surface area contributed by atoms with Gasteiger partial charge >= 0.3 is 6.03 Å². The molecule has 0 spiro atoms. The molecule has 0 aliphatic carbocycles. The van der Waals surface area contributed by atoms with E-state index in [9.17, 15) is 14.4 Å². The van der Waals surface area contributed by atoms with Gasteiger partial charge in [-0.15, -0.1) is 0 Å². The van der Waals surface area contributed by atoms with Crippen molar-refractivity contribution in [2.75, 3.05) is 11.5 Å². The van der Waals surface area contributed by atoms with Crippen molar-refractivity contribution in [1.82, 2.24) is 5.32 Å². The number of fused-ring (bicyclic) bond motifs is 1. The molecule has 4 aromatic rings. The highest BCUT2D eigenvalue weighted by atomic mass is 127. The third-order valence-electron chi connectivity index (χ3n) is 6.41. The molecule has 9 heteroatoms. The number of hydrogen-bond donors (Lipinski definition) is 1. The fraction of sp³-hybridized carbons (Fsp3) is 0.129. The Bertz CT molecular complexity index is 1700. The van der Waals surface area contributed by atoms with Crippen LogP contribution in [0.15, 0.2) is 78.4 Å². The minimum atomic E-state index is -0.839. The summed E-state index contributed by atoms with van der Waals surface area (Å²) in [5.41, 5.74) is 2.44. The lowest BCUT2D eigenvalue weighted by Crippen LogP contribution is -2.54. The zero-order chi connectivity index (χ0) is 28.4. The third-order valence-corrected chi connectivity index (χ3v) is 7.62. The van der Waals surface area contributed by atoms with Crippen LogP contribution in [0.1, 0.15) is 23.6 Å². The topological polar surface area (TPSA) is 84.9 Å². The lowest BCUT2D eigenvalue weighted by Gasteiger charge is -2.26. The van der Waals surface area contributed by atoms with Crippen LogP contribution >= 0.6 is 34.2 Å². The van der Waals surface area contributed by atoms with Crippen molar-refractivity contribution < 1.29 is 23.9 Å². The molecule has 0 radical (unpaired) electrons. The molecule has 1 N–H and O–H groups in total. The number of nitrogens with zero attached hydrogens (tertiary/aromatic N) is 1. The van der Waals surface area contributed by atoms with E-state index in [1.807, 2.05) is 38.1 Å². The predicted octanol–water partition coefficient (Wildman–Crippen LogP) is 7.05. The van der Waals surface area contributed by atoms with Gasteiger partial charge in [-0.3, -0.25) is 14.9 Å². The summed E-state index contributed by atoms with van der Waals surface area (Å²) < 4.78 is 12.9. The molecule has 202 valence electrons. The average molecular weight is 667 g/mol. The maximum atomic E-state index is 13.4. The van der Waals surface area contributed by atoms with Gasteiger partial charge in [-0.05, 0) is 94.2 Å². The van der Waals surface area contributed by atoms with Crippen molar-refractivity contribution in [3.8, 4) is 11.5 Å². The van der Waals surface area contributed by atoms with Crippen molar-refractivity contribution in [2.45, 2.75) is 20.5 Å².